The van der Waals surface area contributed by atoms with E-state index in [2.05, 4.69) is 4.99 Å². The second-order valence-electron chi connectivity index (χ2n) is 5.44. The van der Waals surface area contributed by atoms with Crippen LogP contribution in [0.5, 0.6) is 5.88 Å². The molecule has 0 aliphatic heterocycles. The fraction of sp³-hybridized carbons (Fsp3) is 0.278. The number of ether oxygens (including phenoxy) is 1. The standard InChI is InChI=1S/C18H18ClN3O3/c1-11-13(9-20)17(23)22(7-8-25-3)18(24)14(11)10-21-16-6-4-5-15(19)12(16)2/h4-6,10,24H,7-8H2,1-3H3. The molecule has 0 radical (unpaired) electrons. The molecule has 7 heteroatoms. The fourth-order valence-electron chi connectivity index (χ4n) is 2.39. The summed E-state index contributed by atoms with van der Waals surface area (Å²) in [6.07, 6.45) is 1.44. The molecule has 1 N–H and O–H groups in total. The lowest BCUT2D eigenvalue weighted by Crippen LogP contribution is -2.26. The van der Waals surface area contributed by atoms with Gasteiger partial charge in [0.15, 0.2) is 0 Å². The summed E-state index contributed by atoms with van der Waals surface area (Å²) in [4.78, 5) is 16.7. The predicted octanol–water partition coefficient (Wildman–Crippen LogP) is 3.09. The van der Waals surface area contributed by atoms with Gasteiger partial charge in [0.05, 0.1) is 24.4 Å². The van der Waals surface area contributed by atoms with Crippen LogP contribution in [0.4, 0.5) is 5.69 Å². The predicted molar refractivity (Wildman–Crippen MR) is 97.1 cm³/mol. The van der Waals surface area contributed by atoms with Crippen LogP contribution >= 0.6 is 11.6 Å². The monoisotopic (exact) mass is 359 g/mol. The Morgan fingerprint density at radius 3 is 2.76 bits per heavy atom. The summed E-state index contributed by atoms with van der Waals surface area (Å²) in [5.41, 5.74) is 1.54. The first kappa shape index (κ1) is 18.7. The zero-order chi connectivity index (χ0) is 18.6. The second kappa shape index (κ2) is 7.97. The largest absolute Gasteiger partial charge is 0.494 e. The molecule has 0 fully saturated rings. The Kier molecular flexibility index (Phi) is 5.97. The normalized spacial score (nSPS) is 11.0. The number of hydrogen-bond acceptors (Lipinski definition) is 5. The van der Waals surface area contributed by atoms with Crippen LogP contribution in [0.25, 0.3) is 0 Å². The van der Waals surface area contributed by atoms with Crippen LogP contribution in [0, 0.1) is 25.2 Å². The Balaban J connectivity index is 2.61. The molecular weight excluding hydrogens is 342 g/mol. The average Bonchev–Trinajstić information content (AvgIpc) is 2.58. The molecule has 1 aromatic heterocycles. The number of methoxy groups -OCH3 is 1. The van der Waals surface area contributed by atoms with Gasteiger partial charge in [-0.15, -0.1) is 0 Å². The van der Waals surface area contributed by atoms with Crippen molar-refractivity contribution in [2.24, 2.45) is 4.99 Å². The van der Waals surface area contributed by atoms with Crippen molar-refractivity contribution in [1.82, 2.24) is 4.57 Å². The Labute approximate surface area is 150 Å². The van der Waals surface area contributed by atoms with Gasteiger partial charge in [-0.25, -0.2) is 0 Å². The Bertz CT molecular complexity index is 927. The van der Waals surface area contributed by atoms with Gasteiger partial charge in [0.25, 0.3) is 5.56 Å². The van der Waals surface area contributed by atoms with Crippen LogP contribution in [-0.4, -0.2) is 29.6 Å². The summed E-state index contributed by atoms with van der Waals surface area (Å²) in [5.74, 6) is -0.248. The SMILES string of the molecule is COCCn1c(O)c(C=Nc2cccc(Cl)c2C)c(C)c(C#N)c1=O. The first-order valence-corrected chi connectivity index (χ1v) is 7.94. The van der Waals surface area contributed by atoms with Gasteiger partial charge in [0.1, 0.15) is 11.6 Å². The van der Waals surface area contributed by atoms with Crippen molar-refractivity contribution >= 4 is 23.5 Å². The van der Waals surface area contributed by atoms with Gasteiger partial charge in [-0.2, -0.15) is 5.26 Å². The number of benzene rings is 1. The molecular formula is C18H18ClN3O3. The van der Waals surface area contributed by atoms with Crippen molar-refractivity contribution in [2.45, 2.75) is 20.4 Å². The molecule has 1 aromatic carbocycles. The number of halogens is 1. The molecule has 0 atom stereocenters. The summed E-state index contributed by atoms with van der Waals surface area (Å²) in [7, 11) is 1.49. The quantitative estimate of drug-likeness (QED) is 0.831. The molecule has 0 aliphatic carbocycles. The van der Waals surface area contributed by atoms with Crippen molar-refractivity contribution < 1.29 is 9.84 Å². The molecule has 2 aromatic rings. The van der Waals surface area contributed by atoms with E-state index in [4.69, 9.17) is 16.3 Å². The van der Waals surface area contributed by atoms with Gasteiger partial charge in [-0.05, 0) is 37.1 Å². The van der Waals surface area contributed by atoms with Crippen LogP contribution in [0.1, 0.15) is 22.3 Å². The highest BCUT2D eigenvalue weighted by Crippen LogP contribution is 2.26. The van der Waals surface area contributed by atoms with E-state index in [1.54, 1.807) is 25.1 Å². The van der Waals surface area contributed by atoms with E-state index in [9.17, 15) is 15.2 Å². The van der Waals surface area contributed by atoms with Gasteiger partial charge < -0.3 is 9.84 Å². The molecule has 0 bridgehead atoms. The maximum atomic E-state index is 12.3. The van der Waals surface area contributed by atoms with Crippen molar-refractivity contribution in [3.8, 4) is 11.9 Å². The first-order chi connectivity index (χ1) is 11.9. The Morgan fingerprint density at radius 1 is 1.40 bits per heavy atom. The summed E-state index contributed by atoms with van der Waals surface area (Å²) >= 11 is 6.08. The molecule has 130 valence electrons. The zero-order valence-electron chi connectivity index (χ0n) is 14.2. The molecule has 0 unspecified atom stereocenters. The number of nitrogens with zero attached hydrogens (tertiary/aromatic N) is 3. The number of aliphatic imine (C=N–C) groups is 1. The van der Waals surface area contributed by atoms with E-state index >= 15 is 0 Å². The highest BCUT2D eigenvalue weighted by Gasteiger charge is 2.17. The number of aromatic nitrogens is 1. The second-order valence-corrected chi connectivity index (χ2v) is 5.85. The maximum absolute atomic E-state index is 12.3. The Morgan fingerprint density at radius 2 is 2.12 bits per heavy atom. The van der Waals surface area contributed by atoms with Crippen molar-refractivity contribution in [2.75, 3.05) is 13.7 Å². The smallest absolute Gasteiger partial charge is 0.271 e. The zero-order valence-corrected chi connectivity index (χ0v) is 15.0. The number of hydrogen-bond donors (Lipinski definition) is 1. The van der Waals surface area contributed by atoms with E-state index < -0.39 is 5.56 Å². The maximum Gasteiger partial charge on any atom is 0.271 e. The number of nitriles is 1. The molecule has 0 spiro atoms. The molecule has 0 saturated heterocycles. The van der Waals surface area contributed by atoms with E-state index in [1.807, 2.05) is 13.0 Å². The van der Waals surface area contributed by atoms with Gasteiger partial charge in [0, 0.05) is 18.3 Å². The van der Waals surface area contributed by atoms with Gasteiger partial charge in [-0.3, -0.25) is 14.4 Å². The topological polar surface area (TPSA) is 87.6 Å². The van der Waals surface area contributed by atoms with E-state index in [1.165, 1.54) is 13.3 Å². The lowest BCUT2D eigenvalue weighted by atomic mass is 10.1. The van der Waals surface area contributed by atoms with Gasteiger partial charge in [0.2, 0.25) is 5.88 Å². The van der Waals surface area contributed by atoms with E-state index in [0.29, 0.717) is 21.8 Å². The number of rotatable bonds is 5. The van der Waals surface area contributed by atoms with Gasteiger partial charge >= 0.3 is 0 Å². The van der Waals surface area contributed by atoms with Crippen molar-refractivity contribution in [1.29, 1.82) is 5.26 Å². The fourth-order valence-corrected chi connectivity index (χ4v) is 2.56. The van der Waals surface area contributed by atoms with Crippen LogP contribution < -0.4 is 5.56 Å². The van der Waals surface area contributed by atoms with E-state index in [0.717, 1.165) is 10.1 Å². The summed E-state index contributed by atoms with van der Waals surface area (Å²) in [6.45, 7) is 3.80. The molecule has 2 rings (SSSR count). The molecule has 1 heterocycles. The van der Waals surface area contributed by atoms with Crippen LogP contribution in [0.2, 0.25) is 5.02 Å². The first-order valence-electron chi connectivity index (χ1n) is 7.57. The van der Waals surface area contributed by atoms with Crippen LogP contribution in [-0.2, 0) is 11.3 Å². The molecule has 6 nitrogen and oxygen atoms in total. The minimum absolute atomic E-state index is 0.0295. The lowest BCUT2D eigenvalue weighted by Gasteiger charge is -2.13. The van der Waals surface area contributed by atoms with E-state index in [-0.39, 0.29) is 24.6 Å². The highest BCUT2D eigenvalue weighted by atomic mass is 35.5. The third kappa shape index (κ3) is 3.73. The Hall–Kier alpha value is -2.62. The summed E-state index contributed by atoms with van der Waals surface area (Å²) < 4.78 is 6.07. The number of pyridine rings is 1. The van der Waals surface area contributed by atoms with Crippen LogP contribution in [0.15, 0.2) is 28.0 Å². The number of aromatic hydroxyl groups is 1. The van der Waals surface area contributed by atoms with Crippen molar-refractivity contribution in [3.05, 3.63) is 55.8 Å². The molecule has 0 amide bonds. The average molecular weight is 360 g/mol. The summed E-state index contributed by atoms with van der Waals surface area (Å²) in [5, 5.41) is 20.4. The minimum atomic E-state index is -0.550. The van der Waals surface area contributed by atoms with Gasteiger partial charge in [-0.1, -0.05) is 17.7 Å². The van der Waals surface area contributed by atoms with Crippen molar-refractivity contribution in [3.63, 3.8) is 0 Å². The lowest BCUT2D eigenvalue weighted by molar-refractivity contribution is 0.182. The third-order valence-electron chi connectivity index (χ3n) is 3.94. The van der Waals surface area contributed by atoms with Crippen LogP contribution in [0.3, 0.4) is 0 Å². The third-order valence-corrected chi connectivity index (χ3v) is 4.35. The highest BCUT2D eigenvalue weighted by molar-refractivity contribution is 6.31. The molecule has 25 heavy (non-hydrogen) atoms. The molecule has 0 saturated carbocycles. The summed E-state index contributed by atoms with van der Waals surface area (Å²) in [6, 6.07) is 7.22. The minimum Gasteiger partial charge on any atom is -0.494 e. The molecule has 0 aliphatic rings.